The molecule has 2 atom stereocenters. The van der Waals surface area contributed by atoms with Gasteiger partial charge in [0.2, 0.25) is 5.91 Å². The van der Waals surface area contributed by atoms with Gasteiger partial charge in [-0.3, -0.25) is 4.79 Å². The lowest BCUT2D eigenvalue weighted by Crippen LogP contribution is -2.45. The number of aryl methyl sites for hydroxylation is 1. The van der Waals surface area contributed by atoms with E-state index in [0.29, 0.717) is 6.04 Å². The zero-order chi connectivity index (χ0) is 14.7. The molecule has 1 saturated heterocycles. The van der Waals surface area contributed by atoms with Crippen molar-refractivity contribution in [2.75, 3.05) is 27.2 Å². The first-order valence-electron chi connectivity index (χ1n) is 7.26. The predicted octanol–water partition coefficient (Wildman–Crippen LogP) is 1.55. The van der Waals surface area contributed by atoms with E-state index in [1.165, 1.54) is 5.56 Å². The Hall–Kier alpha value is -1.39. The molecule has 0 saturated carbocycles. The number of carbonyl (C=O) groups excluding carboxylic acids is 1. The largest absolute Gasteiger partial charge is 0.337 e. The first-order valence-corrected chi connectivity index (χ1v) is 7.26. The Morgan fingerprint density at radius 3 is 2.65 bits per heavy atom. The summed E-state index contributed by atoms with van der Waals surface area (Å²) in [7, 11) is 4.09. The summed E-state index contributed by atoms with van der Waals surface area (Å²) in [6.07, 6.45) is 2.15. The fourth-order valence-corrected chi connectivity index (χ4v) is 2.83. The van der Waals surface area contributed by atoms with E-state index in [9.17, 15) is 4.79 Å². The van der Waals surface area contributed by atoms with E-state index >= 15 is 0 Å². The molecule has 1 aliphatic heterocycles. The predicted molar refractivity (Wildman–Crippen MR) is 81.4 cm³/mol. The van der Waals surface area contributed by atoms with Gasteiger partial charge in [-0.25, -0.2) is 0 Å². The van der Waals surface area contributed by atoms with Crippen LogP contribution in [-0.4, -0.2) is 48.9 Å². The summed E-state index contributed by atoms with van der Waals surface area (Å²) in [5.41, 5.74) is 8.24. The average Bonchev–Trinajstić information content (AvgIpc) is 2.85. The molecular weight excluding hydrogens is 250 g/mol. The van der Waals surface area contributed by atoms with Gasteiger partial charge >= 0.3 is 0 Å². The lowest BCUT2D eigenvalue weighted by molar-refractivity contribution is -0.133. The minimum absolute atomic E-state index is 0.0539. The van der Waals surface area contributed by atoms with E-state index in [0.717, 1.165) is 31.5 Å². The Morgan fingerprint density at radius 1 is 1.40 bits per heavy atom. The van der Waals surface area contributed by atoms with Crippen molar-refractivity contribution in [2.45, 2.75) is 31.8 Å². The van der Waals surface area contributed by atoms with E-state index in [2.05, 4.69) is 4.90 Å². The third-order valence-electron chi connectivity index (χ3n) is 3.94. The molecule has 1 aromatic rings. The molecule has 4 nitrogen and oxygen atoms in total. The second-order valence-electron chi connectivity index (χ2n) is 5.98. The second kappa shape index (κ2) is 6.37. The van der Waals surface area contributed by atoms with E-state index in [1.807, 2.05) is 50.2 Å². The molecule has 110 valence electrons. The van der Waals surface area contributed by atoms with Gasteiger partial charge in [0.15, 0.2) is 0 Å². The molecule has 0 aromatic heterocycles. The van der Waals surface area contributed by atoms with Crippen molar-refractivity contribution in [3.05, 3.63) is 35.4 Å². The maximum absolute atomic E-state index is 12.6. The van der Waals surface area contributed by atoms with E-state index in [4.69, 9.17) is 5.73 Å². The first kappa shape index (κ1) is 15.0. The Labute approximate surface area is 121 Å². The van der Waals surface area contributed by atoms with Gasteiger partial charge in [-0.1, -0.05) is 29.8 Å². The van der Waals surface area contributed by atoms with Crippen LogP contribution in [0.5, 0.6) is 0 Å². The van der Waals surface area contributed by atoms with Gasteiger partial charge in [0, 0.05) is 19.1 Å². The third-order valence-corrected chi connectivity index (χ3v) is 3.94. The van der Waals surface area contributed by atoms with Crippen molar-refractivity contribution in [3.63, 3.8) is 0 Å². The lowest BCUT2D eigenvalue weighted by atomic mass is 10.0. The van der Waals surface area contributed by atoms with Crippen molar-refractivity contribution in [3.8, 4) is 0 Å². The summed E-state index contributed by atoms with van der Waals surface area (Å²) in [5, 5.41) is 0. The van der Waals surface area contributed by atoms with Crippen molar-refractivity contribution in [1.82, 2.24) is 9.80 Å². The molecule has 4 heteroatoms. The van der Waals surface area contributed by atoms with Gasteiger partial charge in [-0.05, 0) is 39.4 Å². The molecule has 2 N–H and O–H groups in total. The zero-order valence-corrected chi connectivity index (χ0v) is 12.7. The molecule has 1 amide bonds. The van der Waals surface area contributed by atoms with Crippen molar-refractivity contribution >= 4 is 5.91 Å². The Bertz CT molecular complexity index is 455. The van der Waals surface area contributed by atoms with Crippen LogP contribution in [0.2, 0.25) is 0 Å². The van der Waals surface area contributed by atoms with Crippen molar-refractivity contribution < 1.29 is 4.79 Å². The summed E-state index contributed by atoms with van der Waals surface area (Å²) >= 11 is 0. The number of hydrogen-bond donors (Lipinski definition) is 1. The summed E-state index contributed by atoms with van der Waals surface area (Å²) in [6.45, 7) is 3.77. The molecule has 0 bridgehead atoms. The Kier molecular flexibility index (Phi) is 4.78. The Morgan fingerprint density at radius 2 is 2.05 bits per heavy atom. The fraction of sp³-hybridized carbons (Fsp3) is 0.562. The van der Waals surface area contributed by atoms with E-state index < -0.39 is 6.04 Å². The standard InChI is InChI=1S/C16H25N3O/c1-12-6-8-13(9-7-12)15(17)16(20)19-10-4-5-14(19)11-18(2)3/h6-9,14-15H,4-5,10-11,17H2,1-3H3. The molecular formula is C16H25N3O. The van der Waals surface area contributed by atoms with Gasteiger partial charge < -0.3 is 15.5 Å². The highest BCUT2D eigenvalue weighted by atomic mass is 16.2. The molecule has 1 aliphatic rings. The van der Waals surface area contributed by atoms with E-state index in [1.54, 1.807) is 0 Å². The van der Waals surface area contributed by atoms with Crippen LogP contribution in [0.1, 0.15) is 30.0 Å². The summed E-state index contributed by atoms with van der Waals surface area (Å²) in [5.74, 6) is 0.0539. The van der Waals surface area contributed by atoms with Crippen LogP contribution in [0.3, 0.4) is 0 Å². The number of amides is 1. The number of nitrogens with zero attached hydrogens (tertiary/aromatic N) is 2. The van der Waals surface area contributed by atoms with Crippen LogP contribution in [0, 0.1) is 6.92 Å². The van der Waals surface area contributed by atoms with Crippen LogP contribution in [0.25, 0.3) is 0 Å². The number of carbonyl (C=O) groups is 1. The maximum atomic E-state index is 12.6. The van der Waals surface area contributed by atoms with Crippen LogP contribution in [0.15, 0.2) is 24.3 Å². The van der Waals surface area contributed by atoms with Crippen molar-refractivity contribution in [1.29, 1.82) is 0 Å². The summed E-state index contributed by atoms with van der Waals surface area (Å²) in [4.78, 5) is 16.7. The molecule has 2 rings (SSSR count). The molecule has 0 aliphatic carbocycles. The number of likely N-dealkylation sites (N-methyl/N-ethyl adjacent to an activating group) is 1. The number of likely N-dealkylation sites (tertiary alicyclic amines) is 1. The molecule has 20 heavy (non-hydrogen) atoms. The Balaban J connectivity index is 2.07. The molecule has 1 heterocycles. The van der Waals surface area contributed by atoms with Gasteiger partial charge in [0.25, 0.3) is 0 Å². The minimum atomic E-state index is -0.543. The van der Waals surface area contributed by atoms with Crippen LogP contribution < -0.4 is 5.73 Å². The SMILES string of the molecule is Cc1ccc(C(N)C(=O)N2CCCC2CN(C)C)cc1. The topological polar surface area (TPSA) is 49.6 Å². The minimum Gasteiger partial charge on any atom is -0.337 e. The zero-order valence-electron chi connectivity index (χ0n) is 12.7. The van der Waals surface area contributed by atoms with Gasteiger partial charge in [0.05, 0.1) is 0 Å². The molecule has 0 radical (unpaired) electrons. The smallest absolute Gasteiger partial charge is 0.244 e. The molecule has 1 aromatic carbocycles. The van der Waals surface area contributed by atoms with Crippen LogP contribution in [-0.2, 0) is 4.79 Å². The van der Waals surface area contributed by atoms with E-state index in [-0.39, 0.29) is 5.91 Å². The highest BCUT2D eigenvalue weighted by Gasteiger charge is 2.32. The number of benzene rings is 1. The number of hydrogen-bond acceptors (Lipinski definition) is 3. The average molecular weight is 275 g/mol. The normalized spacial score (nSPS) is 20.4. The number of rotatable bonds is 4. The van der Waals surface area contributed by atoms with Gasteiger partial charge in [-0.15, -0.1) is 0 Å². The highest BCUT2D eigenvalue weighted by molar-refractivity contribution is 5.83. The number of nitrogens with two attached hydrogens (primary N) is 1. The fourth-order valence-electron chi connectivity index (χ4n) is 2.83. The lowest BCUT2D eigenvalue weighted by Gasteiger charge is -2.29. The summed E-state index contributed by atoms with van der Waals surface area (Å²) < 4.78 is 0. The molecule has 0 spiro atoms. The molecule has 1 fully saturated rings. The quantitative estimate of drug-likeness (QED) is 0.907. The monoisotopic (exact) mass is 275 g/mol. The summed E-state index contributed by atoms with van der Waals surface area (Å²) in [6, 6.07) is 7.67. The van der Waals surface area contributed by atoms with Crippen LogP contribution >= 0.6 is 0 Å². The first-order chi connectivity index (χ1) is 9.49. The highest BCUT2D eigenvalue weighted by Crippen LogP contribution is 2.22. The molecule has 2 unspecified atom stereocenters. The third kappa shape index (κ3) is 3.38. The van der Waals surface area contributed by atoms with Crippen molar-refractivity contribution in [2.24, 2.45) is 5.73 Å². The second-order valence-corrected chi connectivity index (χ2v) is 5.98. The van der Waals surface area contributed by atoms with Crippen LogP contribution in [0.4, 0.5) is 0 Å². The van der Waals surface area contributed by atoms with Gasteiger partial charge in [-0.2, -0.15) is 0 Å². The maximum Gasteiger partial charge on any atom is 0.244 e. The van der Waals surface area contributed by atoms with Gasteiger partial charge in [0.1, 0.15) is 6.04 Å².